The number of aromatic nitrogens is 4. The number of rotatable bonds is 5. The molecule has 4 unspecified atom stereocenters. The van der Waals surface area contributed by atoms with E-state index in [9.17, 15) is 15.0 Å². The molecule has 1 aromatic carbocycles. The number of nitrogens with one attached hydrogen (secondary N) is 2. The third kappa shape index (κ3) is 3.20. The number of amides is 1. The molecule has 0 radical (unpaired) electrons. The number of aliphatic hydroxyl groups excluding tert-OH is 2. The third-order valence-electron chi connectivity index (χ3n) is 5.16. The fourth-order valence-electron chi connectivity index (χ4n) is 3.48. The first-order valence-corrected chi connectivity index (χ1v) is 9.17. The van der Waals surface area contributed by atoms with Crippen molar-refractivity contribution >= 4 is 22.9 Å². The highest BCUT2D eigenvalue weighted by molar-refractivity contribution is 5.86. The second-order valence-electron chi connectivity index (χ2n) is 7.02. The minimum atomic E-state index is -1.60. The van der Waals surface area contributed by atoms with Crippen molar-refractivity contribution < 1.29 is 19.7 Å². The SMILES string of the molecule is CNC(=O)C1(C)OC(n2cnc3c(NCc4ccccc4)ncnc32)C(O)C1O. The Morgan fingerprint density at radius 3 is 2.72 bits per heavy atom. The minimum absolute atomic E-state index is 0.410. The first kappa shape index (κ1) is 19.2. The summed E-state index contributed by atoms with van der Waals surface area (Å²) in [6.07, 6.45) is -0.964. The van der Waals surface area contributed by atoms with Crippen molar-refractivity contribution in [1.29, 1.82) is 0 Å². The summed E-state index contributed by atoms with van der Waals surface area (Å²) in [5.41, 5.74) is 0.379. The summed E-state index contributed by atoms with van der Waals surface area (Å²) < 4.78 is 7.27. The molecule has 4 rings (SSSR count). The molecule has 4 N–H and O–H groups in total. The van der Waals surface area contributed by atoms with Crippen LogP contribution in [0.25, 0.3) is 11.2 Å². The van der Waals surface area contributed by atoms with Crippen molar-refractivity contribution in [3.63, 3.8) is 0 Å². The van der Waals surface area contributed by atoms with Gasteiger partial charge in [0, 0.05) is 13.6 Å². The second-order valence-corrected chi connectivity index (χ2v) is 7.02. The molecule has 4 atom stereocenters. The zero-order valence-corrected chi connectivity index (χ0v) is 16.0. The van der Waals surface area contributed by atoms with Crippen LogP contribution in [0.4, 0.5) is 5.82 Å². The Balaban J connectivity index is 1.63. The van der Waals surface area contributed by atoms with Gasteiger partial charge in [-0.2, -0.15) is 0 Å². The van der Waals surface area contributed by atoms with Gasteiger partial charge in [0.2, 0.25) is 0 Å². The van der Waals surface area contributed by atoms with Gasteiger partial charge in [0.15, 0.2) is 28.8 Å². The number of ether oxygens (including phenoxy) is 1. The van der Waals surface area contributed by atoms with Crippen LogP contribution < -0.4 is 10.6 Å². The molecule has 10 nitrogen and oxygen atoms in total. The third-order valence-corrected chi connectivity index (χ3v) is 5.16. The van der Waals surface area contributed by atoms with Crippen LogP contribution in [-0.4, -0.2) is 60.5 Å². The number of aliphatic hydroxyl groups is 2. The van der Waals surface area contributed by atoms with Gasteiger partial charge in [-0.1, -0.05) is 30.3 Å². The van der Waals surface area contributed by atoms with E-state index in [1.807, 2.05) is 30.3 Å². The maximum Gasteiger partial charge on any atom is 0.254 e. The normalized spacial score (nSPS) is 26.6. The molecule has 0 aliphatic carbocycles. The smallest absolute Gasteiger partial charge is 0.254 e. The molecule has 1 saturated heterocycles. The van der Waals surface area contributed by atoms with Gasteiger partial charge in [-0.15, -0.1) is 0 Å². The summed E-state index contributed by atoms with van der Waals surface area (Å²) in [6, 6.07) is 9.84. The van der Waals surface area contributed by atoms with Crippen LogP contribution in [0, 0.1) is 0 Å². The standard InChI is InChI=1S/C19H22N6O4/c1-19(18(28)20-2)14(27)13(26)17(29-19)25-10-24-12-15(22-9-23-16(12)25)21-8-11-6-4-3-5-7-11/h3-7,9-10,13-14,17,26-27H,8H2,1-2H3,(H,20,28)(H,21,22,23). The van der Waals surface area contributed by atoms with Crippen molar-refractivity contribution in [1.82, 2.24) is 24.8 Å². The van der Waals surface area contributed by atoms with Crippen LogP contribution in [0.3, 0.4) is 0 Å². The van der Waals surface area contributed by atoms with Crippen molar-refractivity contribution in [3.8, 4) is 0 Å². The topological polar surface area (TPSA) is 134 Å². The number of benzene rings is 1. The van der Waals surface area contributed by atoms with Gasteiger partial charge >= 0.3 is 0 Å². The largest absolute Gasteiger partial charge is 0.387 e. The lowest BCUT2D eigenvalue weighted by atomic mass is 9.96. The Bertz CT molecular complexity index is 1030. The zero-order chi connectivity index (χ0) is 20.6. The van der Waals surface area contributed by atoms with E-state index in [4.69, 9.17) is 4.74 Å². The lowest BCUT2D eigenvalue weighted by Gasteiger charge is -2.25. The summed E-state index contributed by atoms with van der Waals surface area (Å²) in [4.78, 5) is 25.0. The molecule has 1 aliphatic heterocycles. The Labute approximate surface area is 166 Å². The summed E-state index contributed by atoms with van der Waals surface area (Å²) in [7, 11) is 1.44. The highest BCUT2D eigenvalue weighted by Crippen LogP contribution is 2.38. The quantitative estimate of drug-likeness (QED) is 0.479. The van der Waals surface area contributed by atoms with E-state index in [-0.39, 0.29) is 0 Å². The number of likely N-dealkylation sites (N-methyl/N-ethyl adjacent to an activating group) is 1. The number of carbonyl (C=O) groups excluding carboxylic acids is 1. The molecule has 1 fully saturated rings. The monoisotopic (exact) mass is 398 g/mol. The van der Waals surface area contributed by atoms with E-state index in [0.29, 0.717) is 23.5 Å². The van der Waals surface area contributed by atoms with Crippen LogP contribution >= 0.6 is 0 Å². The number of nitrogens with zero attached hydrogens (tertiary/aromatic N) is 4. The summed E-state index contributed by atoms with van der Waals surface area (Å²) in [6.45, 7) is 1.98. The molecule has 10 heteroatoms. The van der Waals surface area contributed by atoms with E-state index in [0.717, 1.165) is 5.56 Å². The average molecular weight is 398 g/mol. The van der Waals surface area contributed by atoms with Gasteiger partial charge in [-0.3, -0.25) is 9.36 Å². The minimum Gasteiger partial charge on any atom is -0.387 e. The van der Waals surface area contributed by atoms with Crippen molar-refractivity contribution in [2.75, 3.05) is 12.4 Å². The first-order chi connectivity index (χ1) is 14.0. The van der Waals surface area contributed by atoms with Crippen LogP contribution in [0.1, 0.15) is 18.7 Å². The van der Waals surface area contributed by atoms with Gasteiger partial charge in [0.25, 0.3) is 5.91 Å². The molecule has 1 amide bonds. The number of carbonyl (C=O) groups is 1. The summed E-state index contributed by atoms with van der Waals surface area (Å²) in [5.74, 6) is -0.00415. The van der Waals surface area contributed by atoms with Crippen molar-refractivity contribution in [2.45, 2.75) is 37.5 Å². The molecule has 2 aromatic heterocycles. The number of anilines is 1. The predicted molar refractivity (Wildman–Crippen MR) is 104 cm³/mol. The zero-order valence-electron chi connectivity index (χ0n) is 16.0. The van der Waals surface area contributed by atoms with Crippen LogP contribution in [-0.2, 0) is 16.1 Å². The van der Waals surface area contributed by atoms with Crippen molar-refractivity contribution in [2.24, 2.45) is 0 Å². The van der Waals surface area contributed by atoms with Gasteiger partial charge in [-0.25, -0.2) is 15.0 Å². The Hall–Kier alpha value is -3.08. The molecular weight excluding hydrogens is 376 g/mol. The fourth-order valence-corrected chi connectivity index (χ4v) is 3.48. The number of hydrogen-bond donors (Lipinski definition) is 4. The second kappa shape index (κ2) is 7.39. The number of hydrogen-bond acceptors (Lipinski definition) is 8. The summed E-state index contributed by atoms with van der Waals surface area (Å²) in [5, 5.41) is 26.6. The Morgan fingerprint density at radius 2 is 2.00 bits per heavy atom. The Kier molecular flexibility index (Phi) is 4.91. The van der Waals surface area contributed by atoms with Crippen LogP contribution in [0.5, 0.6) is 0 Å². The van der Waals surface area contributed by atoms with Crippen LogP contribution in [0.15, 0.2) is 43.0 Å². The molecule has 0 spiro atoms. The Morgan fingerprint density at radius 1 is 1.24 bits per heavy atom. The predicted octanol–water partition coefficient (Wildman–Crippen LogP) is 0.194. The molecule has 29 heavy (non-hydrogen) atoms. The van der Waals surface area contributed by atoms with E-state index in [2.05, 4.69) is 25.6 Å². The highest BCUT2D eigenvalue weighted by atomic mass is 16.6. The first-order valence-electron chi connectivity index (χ1n) is 9.17. The lowest BCUT2D eigenvalue weighted by molar-refractivity contribution is -0.154. The van der Waals surface area contributed by atoms with Crippen LogP contribution in [0.2, 0.25) is 0 Å². The molecule has 0 saturated carbocycles. The molecule has 3 heterocycles. The molecule has 3 aromatic rings. The summed E-state index contributed by atoms with van der Waals surface area (Å²) >= 11 is 0. The fraction of sp³-hybridized carbons (Fsp3) is 0.368. The van der Waals surface area contributed by atoms with Gasteiger partial charge in [-0.05, 0) is 12.5 Å². The molecule has 0 bridgehead atoms. The van der Waals surface area contributed by atoms with Gasteiger partial charge < -0.3 is 25.6 Å². The van der Waals surface area contributed by atoms with Gasteiger partial charge in [0.05, 0.1) is 6.33 Å². The van der Waals surface area contributed by atoms with E-state index >= 15 is 0 Å². The van der Waals surface area contributed by atoms with Crippen molar-refractivity contribution in [3.05, 3.63) is 48.5 Å². The highest BCUT2D eigenvalue weighted by Gasteiger charge is 2.56. The van der Waals surface area contributed by atoms with Gasteiger partial charge in [0.1, 0.15) is 18.5 Å². The maximum absolute atomic E-state index is 12.2. The lowest BCUT2D eigenvalue weighted by Crippen LogP contribution is -2.51. The molecule has 1 aliphatic rings. The van der Waals surface area contributed by atoms with E-state index < -0.39 is 29.9 Å². The molecular formula is C19H22N6O4. The van der Waals surface area contributed by atoms with E-state index in [1.165, 1.54) is 31.2 Å². The van der Waals surface area contributed by atoms with E-state index in [1.54, 1.807) is 0 Å². The molecule has 152 valence electrons. The maximum atomic E-state index is 12.2. The number of fused-ring (bicyclic) bond motifs is 1. The number of imidazole rings is 1. The average Bonchev–Trinajstić information content (AvgIpc) is 3.28.